The monoisotopic (exact) mass is 367 g/mol. The number of hydrogen-bond acceptors (Lipinski definition) is 5. The molecule has 0 spiro atoms. The maximum Gasteiger partial charge on any atom is 0.227 e. The van der Waals surface area contributed by atoms with Crippen LogP contribution in [0.3, 0.4) is 0 Å². The molecule has 3 rings (SSSR count). The van der Waals surface area contributed by atoms with Crippen LogP contribution in [0.15, 0.2) is 12.3 Å². The van der Waals surface area contributed by atoms with Crippen LogP contribution in [0.1, 0.15) is 45.4 Å². The van der Waals surface area contributed by atoms with E-state index < -0.39 is 11.2 Å². The highest BCUT2D eigenvalue weighted by atomic mass is 19.4. The van der Waals surface area contributed by atoms with Gasteiger partial charge in [-0.1, -0.05) is 28.7 Å². The molecule has 1 saturated heterocycles. The van der Waals surface area contributed by atoms with Crippen LogP contribution >= 0.6 is 0 Å². The minimum absolute atomic E-state index is 0.0178. The average molecular weight is 367 g/mol. The van der Waals surface area contributed by atoms with Gasteiger partial charge in [0.1, 0.15) is 0 Å². The van der Waals surface area contributed by atoms with Crippen molar-refractivity contribution < 1.29 is 13.8 Å². The highest BCUT2D eigenvalue weighted by Crippen LogP contribution is 2.28. The molecule has 6 nitrogen and oxygen atoms in total. The van der Waals surface area contributed by atoms with Gasteiger partial charge in [-0.25, -0.2) is 4.98 Å². The molecule has 0 unspecified atom stereocenters. The lowest BCUT2D eigenvalue weighted by Gasteiger charge is -2.32. The second-order valence-corrected chi connectivity index (χ2v) is 7.58. The number of aromatic nitrogens is 2. The van der Waals surface area contributed by atoms with E-state index >= 15 is 0 Å². The van der Waals surface area contributed by atoms with E-state index in [1.807, 2.05) is 4.90 Å². The van der Waals surface area contributed by atoms with E-state index in [0.717, 1.165) is 18.5 Å². The topological polar surface area (TPSA) is 61.4 Å². The Bertz CT molecular complexity index is 599. The lowest BCUT2D eigenvalue weighted by Crippen LogP contribution is -2.42. The van der Waals surface area contributed by atoms with Crippen LogP contribution in [0.5, 0.6) is 0 Å². The second-order valence-electron chi connectivity index (χ2n) is 7.58. The van der Waals surface area contributed by atoms with Crippen molar-refractivity contribution in [1.82, 2.24) is 15.3 Å². The lowest BCUT2D eigenvalue weighted by molar-refractivity contribution is -0.125. The Morgan fingerprint density at radius 1 is 1.23 bits per heavy atom. The van der Waals surface area contributed by atoms with Gasteiger partial charge in [-0.15, -0.1) is 0 Å². The second kappa shape index (κ2) is 8.60. The van der Waals surface area contributed by atoms with Crippen LogP contribution in [-0.2, 0) is 4.79 Å². The zero-order valence-corrected chi connectivity index (χ0v) is 15.2. The summed E-state index contributed by atoms with van der Waals surface area (Å²) in [6.07, 6.45) is 7.63. The van der Waals surface area contributed by atoms with Crippen molar-refractivity contribution in [1.29, 1.82) is 0 Å². The number of anilines is 2. The Morgan fingerprint density at radius 3 is 2.58 bits per heavy atom. The Kier molecular flexibility index (Phi) is 6.21. The lowest BCUT2D eigenvalue weighted by atomic mass is 9.83. The molecule has 0 bridgehead atoms. The molecule has 26 heavy (non-hydrogen) atoms. The Hall–Kier alpha value is -1.99. The van der Waals surface area contributed by atoms with Crippen molar-refractivity contribution in [2.45, 2.75) is 45.4 Å². The molecule has 8 heteroatoms. The Morgan fingerprint density at radius 2 is 1.92 bits per heavy atom. The summed E-state index contributed by atoms with van der Waals surface area (Å²) in [6, 6.07) is 1.16. The molecule has 2 heterocycles. The number of amides is 1. The van der Waals surface area contributed by atoms with Crippen molar-refractivity contribution in [2.24, 2.45) is 17.8 Å². The summed E-state index contributed by atoms with van der Waals surface area (Å²) in [6.45, 7) is 4.27. The first-order valence-electron chi connectivity index (χ1n) is 9.50. The third-order valence-electron chi connectivity index (χ3n) is 5.65. The first-order chi connectivity index (χ1) is 12.5. The van der Waals surface area contributed by atoms with Gasteiger partial charge in [-0.05, 0) is 42.9 Å². The summed E-state index contributed by atoms with van der Waals surface area (Å²) in [4.78, 5) is 22.2. The number of piperidine rings is 1. The highest BCUT2D eigenvalue weighted by molar-refractivity contribution is 5.78. The molecule has 1 amide bonds. The van der Waals surface area contributed by atoms with E-state index in [1.54, 1.807) is 0 Å². The molecular weight excluding hydrogens is 340 g/mol. The zero-order valence-electron chi connectivity index (χ0n) is 15.2. The first-order valence-corrected chi connectivity index (χ1v) is 9.50. The molecule has 0 radical (unpaired) electrons. The van der Waals surface area contributed by atoms with Crippen molar-refractivity contribution in [3.05, 3.63) is 12.3 Å². The quantitative estimate of drug-likeness (QED) is 0.810. The van der Waals surface area contributed by atoms with E-state index in [-0.39, 0.29) is 17.8 Å². The van der Waals surface area contributed by atoms with Crippen LogP contribution in [0.25, 0.3) is 0 Å². The van der Waals surface area contributed by atoms with Crippen LogP contribution in [0.2, 0.25) is 0 Å². The van der Waals surface area contributed by atoms with Gasteiger partial charge in [0.15, 0.2) is 5.82 Å². The predicted octanol–water partition coefficient (Wildman–Crippen LogP) is 3.21. The molecule has 144 valence electrons. The third-order valence-corrected chi connectivity index (χ3v) is 5.65. The highest BCUT2D eigenvalue weighted by Gasteiger charge is 2.27. The summed E-state index contributed by atoms with van der Waals surface area (Å²) in [5, 5.41) is 2.10. The fourth-order valence-corrected chi connectivity index (χ4v) is 3.85. The molecule has 1 aliphatic heterocycles. The number of halogens is 2. The SMILES string of the molecule is CC1CCC(CNC(=O)C2CCN(c3nccc(N(F)F)n3)CC2)CC1. The summed E-state index contributed by atoms with van der Waals surface area (Å²) in [7, 11) is 0. The third kappa shape index (κ3) is 4.80. The van der Waals surface area contributed by atoms with Gasteiger partial charge in [0.05, 0.1) is 0 Å². The van der Waals surface area contributed by atoms with Gasteiger partial charge >= 0.3 is 0 Å². The van der Waals surface area contributed by atoms with Gasteiger partial charge in [-0.3, -0.25) is 4.79 Å². The largest absolute Gasteiger partial charge is 0.356 e. The van der Waals surface area contributed by atoms with Crippen LogP contribution < -0.4 is 15.6 Å². The summed E-state index contributed by atoms with van der Waals surface area (Å²) >= 11 is 0. The van der Waals surface area contributed by atoms with Gasteiger partial charge < -0.3 is 10.2 Å². The standard InChI is InChI=1S/C18H27F2N5O/c1-13-2-4-14(5-3-13)12-22-17(26)15-7-10-24(11-8-15)18-21-9-6-16(23-18)25(19)20/h6,9,13-15H,2-5,7-8,10-12H2,1H3,(H,22,26). The number of carbonyl (C=O) groups is 1. The summed E-state index contributed by atoms with van der Waals surface area (Å²) in [5.74, 6) is 1.40. The van der Waals surface area contributed by atoms with Crippen molar-refractivity contribution in [3.63, 3.8) is 0 Å². The number of carbonyl (C=O) groups excluding carboxylic acids is 1. The molecule has 0 atom stereocenters. The van der Waals surface area contributed by atoms with E-state index in [4.69, 9.17) is 0 Å². The molecule has 1 aromatic heterocycles. The Labute approximate surface area is 152 Å². The Balaban J connectivity index is 1.44. The molecule has 1 aliphatic carbocycles. The maximum atomic E-state index is 12.6. The molecule has 0 aromatic carbocycles. The molecule has 1 saturated carbocycles. The van der Waals surface area contributed by atoms with E-state index in [2.05, 4.69) is 22.2 Å². The fraction of sp³-hybridized carbons (Fsp3) is 0.722. The van der Waals surface area contributed by atoms with E-state index in [1.165, 1.54) is 31.9 Å². The number of rotatable bonds is 5. The minimum atomic E-state index is -1.02. The van der Waals surface area contributed by atoms with Gasteiger partial charge in [0, 0.05) is 37.8 Å². The van der Waals surface area contributed by atoms with Gasteiger partial charge in [0.2, 0.25) is 11.9 Å². The van der Waals surface area contributed by atoms with Crippen LogP contribution in [0.4, 0.5) is 20.7 Å². The van der Waals surface area contributed by atoms with Crippen molar-refractivity contribution in [3.8, 4) is 0 Å². The van der Waals surface area contributed by atoms with Crippen molar-refractivity contribution in [2.75, 3.05) is 29.9 Å². The van der Waals surface area contributed by atoms with Gasteiger partial charge in [0.25, 0.3) is 0 Å². The molecule has 2 fully saturated rings. The first kappa shape index (κ1) is 18.8. The number of nitrogens with zero attached hydrogens (tertiary/aromatic N) is 4. The van der Waals surface area contributed by atoms with Gasteiger partial charge in [-0.2, -0.15) is 4.98 Å². The summed E-state index contributed by atoms with van der Waals surface area (Å²) < 4.78 is 25.2. The zero-order chi connectivity index (χ0) is 18.5. The predicted molar refractivity (Wildman–Crippen MR) is 95.8 cm³/mol. The molecule has 1 N–H and O–H groups in total. The van der Waals surface area contributed by atoms with E-state index in [0.29, 0.717) is 31.8 Å². The van der Waals surface area contributed by atoms with Crippen LogP contribution in [0, 0.1) is 17.8 Å². The van der Waals surface area contributed by atoms with Crippen molar-refractivity contribution >= 4 is 17.7 Å². The molecular formula is C18H27F2N5O. The smallest absolute Gasteiger partial charge is 0.227 e. The molecule has 2 aliphatic rings. The number of nitrogens with one attached hydrogen (secondary N) is 1. The number of hydrogen-bond donors (Lipinski definition) is 1. The normalized spacial score (nSPS) is 24.3. The van der Waals surface area contributed by atoms with Crippen LogP contribution in [-0.4, -0.2) is 35.5 Å². The maximum absolute atomic E-state index is 12.6. The van der Waals surface area contributed by atoms with E-state index in [9.17, 15) is 13.8 Å². The fourth-order valence-electron chi connectivity index (χ4n) is 3.85. The average Bonchev–Trinajstić information content (AvgIpc) is 2.67. The summed E-state index contributed by atoms with van der Waals surface area (Å²) in [5.41, 5.74) is 0. The minimum Gasteiger partial charge on any atom is -0.356 e. The molecule has 1 aromatic rings.